The highest BCUT2D eigenvalue weighted by Gasteiger charge is 2.64. The monoisotopic (exact) mass is 498 g/mol. The summed E-state index contributed by atoms with van der Waals surface area (Å²) in [7, 11) is 0. The van der Waals surface area contributed by atoms with Gasteiger partial charge in [0.2, 0.25) is 0 Å². The van der Waals surface area contributed by atoms with Gasteiger partial charge < -0.3 is 9.84 Å². The molecule has 0 aromatic rings. The van der Waals surface area contributed by atoms with E-state index < -0.39 is 5.97 Å². The molecule has 0 spiro atoms. The number of fused-ring (bicyclic) bond motifs is 7. The molecule has 1 N–H and O–H groups in total. The van der Waals surface area contributed by atoms with Crippen LogP contribution in [0.15, 0.2) is 0 Å². The first-order valence-corrected chi connectivity index (χ1v) is 15.4. The second-order valence-electron chi connectivity index (χ2n) is 15.3. The number of rotatable bonds is 3. The molecule has 0 aromatic heterocycles. The minimum absolute atomic E-state index is 0.00113. The number of aliphatic carboxylic acids is 1. The number of carboxylic acid groups (broad SMARTS) is 1. The van der Waals surface area contributed by atoms with Gasteiger partial charge in [-0.15, -0.1) is 0 Å². The largest absolute Gasteiger partial charge is 0.481 e. The molecule has 0 saturated heterocycles. The van der Waals surface area contributed by atoms with Gasteiger partial charge in [-0.05, 0) is 128 Å². The molecule has 13 atom stereocenters. The van der Waals surface area contributed by atoms with Crippen LogP contribution in [0.5, 0.6) is 0 Å². The molecule has 0 aromatic carbocycles. The highest BCUT2D eigenvalue weighted by molar-refractivity contribution is 5.80. The number of carbonyl (C=O) groups excluding carboxylic acids is 1. The summed E-state index contributed by atoms with van der Waals surface area (Å²) in [6, 6.07) is 0. The van der Waals surface area contributed by atoms with Crippen LogP contribution in [0, 0.1) is 69.5 Å². The summed E-state index contributed by atoms with van der Waals surface area (Å²) in [5, 5.41) is 9.32. The van der Waals surface area contributed by atoms with Crippen LogP contribution in [-0.2, 0) is 14.3 Å². The van der Waals surface area contributed by atoms with Crippen molar-refractivity contribution in [3.8, 4) is 0 Å². The summed E-state index contributed by atoms with van der Waals surface area (Å²) in [5.41, 5.74) is 1.47. The summed E-state index contributed by atoms with van der Waals surface area (Å²) in [5.74, 6) is 3.04. The third kappa shape index (κ3) is 3.43. The van der Waals surface area contributed by atoms with Crippen molar-refractivity contribution in [1.82, 2.24) is 0 Å². The quantitative estimate of drug-likeness (QED) is 0.413. The Morgan fingerprint density at radius 3 is 2.17 bits per heavy atom. The van der Waals surface area contributed by atoms with Gasteiger partial charge >= 0.3 is 11.9 Å². The van der Waals surface area contributed by atoms with Crippen LogP contribution in [0.2, 0.25) is 0 Å². The lowest BCUT2D eigenvalue weighted by Gasteiger charge is -2.67. The second kappa shape index (κ2) is 8.47. The zero-order valence-corrected chi connectivity index (χ0v) is 23.4. The molecule has 0 heterocycles. The first-order valence-electron chi connectivity index (χ1n) is 15.4. The molecule has 6 fully saturated rings. The van der Waals surface area contributed by atoms with E-state index in [-0.39, 0.29) is 29.8 Å². The molecule has 6 rings (SSSR count). The van der Waals surface area contributed by atoms with Crippen LogP contribution < -0.4 is 0 Å². The molecule has 0 aliphatic heterocycles. The number of carbonyl (C=O) groups is 2. The molecule has 6 aliphatic rings. The van der Waals surface area contributed by atoms with Gasteiger partial charge in [-0.25, -0.2) is 0 Å². The molecule has 0 amide bonds. The molecule has 6 saturated carbocycles. The molecular formula is C32H50O4. The number of ether oxygens (including phenoxy) is 1. The normalized spacial score (nSPS) is 55.8. The Labute approximate surface area is 218 Å². The fourth-order valence-corrected chi connectivity index (χ4v) is 12.0. The van der Waals surface area contributed by atoms with Crippen LogP contribution in [0.4, 0.5) is 0 Å². The van der Waals surface area contributed by atoms with Gasteiger partial charge in [0, 0.05) is 0 Å². The van der Waals surface area contributed by atoms with Gasteiger partial charge in [0.25, 0.3) is 0 Å². The fraction of sp³-hybridized carbons (Fsp3) is 0.938. The summed E-state index contributed by atoms with van der Waals surface area (Å²) < 4.78 is 6.17. The van der Waals surface area contributed by atoms with Crippen LogP contribution >= 0.6 is 0 Å². The fourth-order valence-electron chi connectivity index (χ4n) is 12.0. The van der Waals surface area contributed by atoms with E-state index in [2.05, 4.69) is 27.7 Å². The second-order valence-corrected chi connectivity index (χ2v) is 15.3. The molecule has 13 unspecified atom stereocenters. The molecule has 202 valence electrons. The highest BCUT2D eigenvalue weighted by Crippen LogP contribution is 2.71. The van der Waals surface area contributed by atoms with Gasteiger partial charge in [-0.3, -0.25) is 9.59 Å². The standard InChI is InChI=1S/C32H50O4/c1-18-21(28(33)34)17-22(18)29(35)36-26-12-16-31(4)23(19(26)2)11-15-32(5)25-10-14-30(3)13-6-7-24(30)20(25)8-9-27(31)32/h18-27H,6-17H2,1-5H3,(H,33,34). The highest BCUT2D eigenvalue weighted by atomic mass is 16.5. The third-order valence-corrected chi connectivity index (χ3v) is 14.1. The van der Waals surface area contributed by atoms with Gasteiger partial charge in [-0.1, -0.05) is 41.0 Å². The van der Waals surface area contributed by atoms with Crippen molar-refractivity contribution in [2.24, 2.45) is 69.5 Å². The van der Waals surface area contributed by atoms with Crippen molar-refractivity contribution in [1.29, 1.82) is 0 Å². The van der Waals surface area contributed by atoms with Crippen molar-refractivity contribution < 1.29 is 19.4 Å². The average molecular weight is 499 g/mol. The van der Waals surface area contributed by atoms with Crippen LogP contribution in [0.1, 0.15) is 112 Å². The van der Waals surface area contributed by atoms with Crippen LogP contribution in [0.25, 0.3) is 0 Å². The Kier molecular flexibility index (Phi) is 5.94. The number of hydrogen-bond donors (Lipinski definition) is 1. The molecule has 36 heavy (non-hydrogen) atoms. The Morgan fingerprint density at radius 1 is 0.750 bits per heavy atom. The maximum Gasteiger partial charge on any atom is 0.309 e. The zero-order valence-electron chi connectivity index (χ0n) is 23.4. The minimum Gasteiger partial charge on any atom is -0.481 e. The summed E-state index contributed by atoms with van der Waals surface area (Å²) in [4.78, 5) is 24.3. The summed E-state index contributed by atoms with van der Waals surface area (Å²) in [6.45, 7) is 12.2. The first kappa shape index (κ1) is 25.2. The van der Waals surface area contributed by atoms with Gasteiger partial charge in [-0.2, -0.15) is 0 Å². The molecular weight excluding hydrogens is 448 g/mol. The lowest BCUT2D eigenvalue weighted by molar-refractivity contribution is -0.204. The molecule has 0 bridgehead atoms. The van der Waals surface area contributed by atoms with Crippen molar-refractivity contribution in [2.45, 2.75) is 118 Å². The predicted molar refractivity (Wildman–Crippen MR) is 140 cm³/mol. The summed E-state index contributed by atoms with van der Waals surface area (Å²) in [6.07, 6.45) is 15.4. The lowest BCUT2D eigenvalue weighted by Crippen LogP contribution is -2.61. The Hall–Kier alpha value is -1.06. The minimum atomic E-state index is -0.774. The lowest BCUT2D eigenvalue weighted by atomic mass is 9.38. The Bertz CT molecular complexity index is 914. The van der Waals surface area contributed by atoms with Crippen LogP contribution in [-0.4, -0.2) is 23.1 Å². The SMILES string of the molecule is CC1C(C(=O)O)CC1C(=O)OC1CCC2(C)C(CCC3(C)C4CCC5(C)CCCC5C4CCC23)C1C. The van der Waals surface area contributed by atoms with Crippen molar-refractivity contribution in [3.05, 3.63) is 0 Å². The Morgan fingerprint density at radius 2 is 1.44 bits per heavy atom. The van der Waals surface area contributed by atoms with Crippen molar-refractivity contribution in [2.75, 3.05) is 0 Å². The maximum atomic E-state index is 13.0. The van der Waals surface area contributed by atoms with Gasteiger partial charge in [0.05, 0.1) is 11.8 Å². The van der Waals surface area contributed by atoms with E-state index in [1.165, 1.54) is 64.2 Å². The smallest absolute Gasteiger partial charge is 0.309 e. The van der Waals surface area contributed by atoms with E-state index in [4.69, 9.17) is 4.74 Å². The van der Waals surface area contributed by atoms with Crippen LogP contribution in [0.3, 0.4) is 0 Å². The molecule has 6 aliphatic carbocycles. The molecule has 4 nitrogen and oxygen atoms in total. The number of carboxylic acids is 1. The third-order valence-electron chi connectivity index (χ3n) is 14.1. The Balaban J connectivity index is 1.16. The van der Waals surface area contributed by atoms with E-state index >= 15 is 0 Å². The van der Waals surface area contributed by atoms with E-state index in [0.29, 0.717) is 34.5 Å². The summed E-state index contributed by atoms with van der Waals surface area (Å²) >= 11 is 0. The van der Waals surface area contributed by atoms with Gasteiger partial charge in [0.15, 0.2) is 0 Å². The number of esters is 1. The zero-order chi connectivity index (χ0) is 25.6. The van der Waals surface area contributed by atoms with E-state index in [1.54, 1.807) is 0 Å². The van der Waals surface area contributed by atoms with Crippen molar-refractivity contribution in [3.63, 3.8) is 0 Å². The maximum absolute atomic E-state index is 13.0. The average Bonchev–Trinajstić information content (AvgIpc) is 3.21. The topological polar surface area (TPSA) is 63.6 Å². The first-order chi connectivity index (χ1) is 17.0. The predicted octanol–water partition coefficient (Wildman–Crippen LogP) is 7.35. The molecule has 0 radical (unpaired) electrons. The van der Waals surface area contributed by atoms with Gasteiger partial charge in [0.1, 0.15) is 6.10 Å². The van der Waals surface area contributed by atoms with E-state index in [0.717, 1.165) is 30.1 Å². The van der Waals surface area contributed by atoms with E-state index in [1.807, 2.05) is 6.92 Å². The number of hydrogen-bond acceptors (Lipinski definition) is 3. The molecule has 4 heteroatoms. The van der Waals surface area contributed by atoms with Crippen molar-refractivity contribution >= 4 is 11.9 Å². The van der Waals surface area contributed by atoms with E-state index in [9.17, 15) is 14.7 Å².